The van der Waals surface area contributed by atoms with Crippen LogP contribution in [0.1, 0.15) is 52.9 Å². The summed E-state index contributed by atoms with van der Waals surface area (Å²) in [5.74, 6) is 1.80. The van der Waals surface area contributed by atoms with Gasteiger partial charge in [0.2, 0.25) is 0 Å². The molecule has 0 atom stereocenters. The van der Waals surface area contributed by atoms with Gasteiger partial charge in [0.25, 0.3) is 0 Å². The van der Waals surface area contributed by atoms with E-state index in [2.05, 4.69) is 60.6 Å². The first-order valence-electron chi connectivity index (χ1n) is 11.6. The van der Waals surface area contributed by atoms with Crippen LogP contribution in [0.15, 0.2) is 24.3 Å². The third kappa shape index (κ3) is 6.54. The molecule has 1 saturated heterocycles. The fraction of sp³-hybridized carbons (Fsp3) is 0.667. The number of amides is 1. The maximum atomic E-state index is 15.3. The first kappa shape index (κ1) is 24.7. The number of fused-ring (bicyclic) bond motifs is 1. The molecule has 1 aromatic carbocycles. The quantitative estimate of drug-likeness (QED) is 0.635. The summed E-state index contributed by atoms with van der Waals surface area (Å²) in [7, 11) is 0. The van der Waals surface area contributed by atoms with Gasteiger partial charge in [-0.15, -0.1) is 0 Å². The molecule has 1 aromatic heterocycles. The number of primary amides is 1. The van der Waals surface area contributed by atoms with Gasteiger partial charge in [-0.25, -0.2) is 9.18 Å². The number of nitrogens with two attached hydrogens (primary N) is 1. The van der Waals surface area contributed by atoms with Crippen LogP contribution in [0.3, 0.4) is 0 Å². The molecule has 3 N–H and O–H groups in total. The maximum Gasteiger partial charge on any atom is 0.402 e. The number of nitrogens with zero attached hydrogens (tertiary/aromatic N) is 3. The van der Waals surface area contributed by atoms with Crippen molar-refractivity contribution in [2.45, 2.75) is 58.5 Å². The highest BCUT2D eigenvalue weighted by Gasteiger charge is 2.39. The van der Waals surface area contributed by atoms with Crippen molar-refractivity contribution in [1.29, 1.82) is 0 Å². The minimum absolute atomic E-state index is 0.317. The number of aromatic nitrogens is 1. The van der Waals surface area contributed by atoms with E-state index in [9.17, 15) is 0 Å². The van der Waals surface area contributed by atoms with E-state index in [0.717, 1.165) is 64.2 Å². The van der Waals surface area contributed by atoms with Crippen molar-refractivity contribution in [1.82, 2.24) is 9.27 Å². The second-order valence-electron chi connectivity index (χ2n) is 10.2. The molecule has 6 nitrogen and oxygen atoms in total. The van der Waals surface area contributed by atoms with Gasteiger partial charge in [0.15, 0.2) is 0 Å². The molecular weight excluding hydrogens is 427 g/mol. The van der Waals surface area contributed by atoms with Gasteiger partial charge in [-0.05, 0) is 67.1 Å². The molecule has 1 aliphatic heterocycles. The second-order valence-corrected chi connectivity index (χ2v) is 11.0. The predicted octanol–water partition coefficient (Wildman–Crippen LogP) is 5.38. The highest BCUT2D eigenvalue weighted by molar-refractivity contribution is 7.13. The van der Waals surface area contributed by atoms with Crippen molar-refractivity contribution in [3.63, 3.8) is 0 Å². The van der Waals surface area contributed by atoms with Crippen molar-refractivity contribution in [2.75, 3.05) is 37.6 Å². The van der Waals surface area contributed by atoms with Crippen LogP contribution in [0.2, 0.25) is 0 Å². The van der Waals surface area contributed by atoms with E-state index >= 15 is 4.39 Å². The lowest BCUT2D eigenvalue weighted by atomic mass is 9.68. The zero-order chi connectivity index (χ0) is 23.4. The van der Waals surface area contributed by atoms with Crippen molar-refractivity contribution < 1.29 is 14.3 Å². The molecule has 8 heteroatoms. The van der Waals surface area contributed by atoms with Crippen LogP contribution in [0.5, 0.6) is 0 Å². The van der Waals surface area contributed by atoms with Crippen molar-refractivity contribution in [3.05, 3.63) is 24.3 Å². The molecule has 178 valence electrons. The van der Waals surface area contributed by atoms with Gasteiger partial charge in [-0.2, -0.15) is 4.37 Å². The lowest BCUT2D eigenvalue weighted by Crippen LogP contribution is -2.48. The van der Waals surface area contributed by atoms with Crippen LogP contribution in [-0.2, 0) is 0 Å². The molecule has 1 saturated carbocycles. The number of hydrogen-bond donors (Lipinski definition) is 2. The van der Waals surface area contributed by atoms with E-state index in [1.807, 2.05) is 0 Å². The van der Waals surface area contributed by atoms with E-state index < -0.39 is 11.8 Å². The van der Waals surface area contributed by atoms with Gasteiger partial charge in [-0.3, -0.25) is 4.90 Å². The summed E-state index contributed by atoms with van der Waals surface area (Å²) in [6, 6.07) is 8.47. The monoisotopic (exact) mass is 464 g/mol. The fourth-order valence-electron chi connectivity index (χ4n) is 4.89. The summed E-state index contributed by atoms with van der Waals surface area (Å²) in [4.78, 5) is 13.6. The molecule has 1 aliphatic carbocycles. The minimum atomic E-state index is -1.33. The Morgan fingerprint density at radius 2 is 1.81 bits per heavy atom. The highest BCUT2D eigenvalue weighted by Crippen LogP contribution is 2.44. The van der Waals surface area contributed by atoms with Crippen molar-refractivity contribution in [3.8, 4) is 0 Å². The molecule has 4 rings (SSSR count). The van der Waals surface area contributed by atoms with Crippen LogP contribution >= 0.6 is 11.5 Å². The molecule has 1 amide bonds. The third-order valence-electron chi connectivity index (χ3n) is 7.01. The average Bonchev–Trinajstić information content (AvgIpc) is 3.16. The number of piperazine rings is 1. The largest absolute Gasteiger partial charge is 0.465 e. The van der Waals surface area contributed by atoms with Gasteiger partial charge in [-0.1, -0.05) is 32.9 Å². The fourth-order valence-corrected chi connectivity index (χ4v) is 5.69. The summed E-state index contributed by atoms with van der Waals surface area (Å²) in [5, 5.41) is 8.46. The van der Waals surface area contributed by atoms with Crippen molar-refractivity contribution >= 4 is 33.5 Å². The second kappa shape index (κ2) is 10.3. The third-order valence-corrected chi connectivity index (χ3v) is 7.83. The Kier molecular flexibility index (Phi) is 7.98. The Morgan fingerprint density at radius 3 is 2.41 bits per heavy atom. The molecule has 0 spiro atoms. The van der Waals surface area contributed by atoms with E-state index in [1.54, 1.807) is 11.5 Å². The molecule has 0 bridgehead atoms. The average molecular weight is 465 g/mol. The number of anilines is 1. The van der Waals surface area contributed by atoms with Crippen LogP contribution in [0.25, 0.3) is 10.1 Å². The van der Waals surface area contributed by atoms with Gasteiger partial charge in [0, 0.05) is 38.1 Å². The lowest BCUT2D eigenvalue weighted by molar-refractivity contribution is 0.0338. The topological polar surface area (TPSA) is 82.7 Å². The van der Waals surface area contributed by atoms with Crippen LogP contribution in [0.4, 0.5) is 15.0 Å². The summed E-state index contributed by atoms with van der Waals surface area (Å²) >= 11 is 1.58. The number of alkyl halides is 1. The molecule has 0 unspecified atom stereocenters. The van der Waals surface area contributed by atoms with Gasteiger partial charge >= 0.3 is 6.09 Å². The first-order chi connectivity index (χ1) is 15.1. The number of benzene rings is 1. The van der Waals surface area contributed by atoms with Crippen LogP contribution < -0.4 is 10.6 Å². The Morgan fingerprint density at radius 1 is 1.22 bits per heavy atom. The lowest BCUT2D eigenvalue weighted by Gasteiger charge is -2.41. The number of carbonyl (C=O) groups is 1. The highest BCUT2D eigenvalue weighted by atomic mass is 32.1. The number of halogens is 1. The molecule has 2 fully saturated rings. The maximum absolute atomic E-state index is 15.3. The standard InChI is InChI=1S/C23H34FN3S.CH3NO2/c1-22(2,3)18-8-10-23(24,11-9-18)12-13-26-14-16-27(17-15-26)21-19-6-4-5-7-20(19)28-25-21;2-1(3)4/h4-7,18H,8-17H2,1-3H3;2H2,(H,3,4). The Bertz CT molecular complexity index is 877. The Hall–Kier alpha value is -1.93. The van der Waals surface area contributed by atoms with E-state index in [4.69, 9.17) is 14.3 Å². The summed E-state index contributed by atoms with van der Waals surface area (Å²) < 4.78 is 21.3. The summed E-state index contributed by atoms with van der Waals surface area (Å²) in [5.41, 5.74) is 3.40. The van der Waals surface area contributed by atoms with E-state index in [-0.39, 0.29) is 0 Å². The van der Waals surface area contributed by atoms with Gasteiger partial charge < -0.3 is 15.7 Å². The molecular formula is C24H37FN4O2S. The summed E-state index contributed by atoms with van der Waals surface area (Å²) in [6.45, 7) is 11.8. The molecule has 2 aromatic rings. The molecule has 32 heavy (non-hydrogen) atoms. The normalized spacial score (nSPS) is 24.8. The van der Waals surface area contributed by atoms with Crippen LogP contribution in [0, 0.1) is 11.3 Å². The minimum Gasteiger partial charge on any atom is -0.465 e. The van der Waals surface area contributed by atoms with Gasteiger partial charge in [0.05, 0.1) is 4.70 Å². The van der Waals surface area contributed by atoms with E-state index in [0.29, 0.717) is 17.8 Å². The SMILES string of the molecule is CC(C)(C)C1CCC(F)(CCN2CCN(c3nsc4ccccc34)CC2)CC1.NC(=O)O. The molecule has 0 radical (unpaired) electrons. The van der Waals surface area contributed by atoms with Crippen LogP contribution in [-0.4, -0.2) is 58.9 Å². The molecule has 2 aliphatic rings. The smallest absolute Gasteiger partial charge is 0.402 e. The van der Waals surface area contributed by atoms with Gasteiger partial charge in [0.1, 0.15) is 11.5 Å². The van der Waals surface area contributed by atoms with Crippen molar-refractivity contribution in [2.24, 2.45) is 17.1 Å². The first-order valence-corrected chi connectivity index (χ1v) is 12.3. The van der Waals surface area contributed by atoms with E-state index in [1.165, 1.54) is 10.1 Å². The Balaban J connectivity index is 0.000000668. The summed E-state index contributed by atoms with van der Waals surface area (Å²) in [6.07, 6.45) is 2.96. The molecule has 2 heterocycles. The predicted molar refractivity (Wildman–Crippen MR) is 130 cm³/mol. The zero-order valence-electron chi connectivity index (χ0n) is 19.5. The number of carboxylic acid groups (broad SMARTS) is 1. The zero-order valence-corrected chi connectivity index (χ0v) is 20.3. The Labute approximate surface area is 194 Å². The number of rotatable bonds is 4. The number of hydrogen-bond acceptors (Lipinski definition) is 5.